The molecule has 0 spiro atoms. The second-order valence-electron chi connectivity index (χ2n) is 5.08. The fourth-order valence-corrected chi connectivity index (χ4v) is 2.54. The molecule has 0 fully saturated rings. The Bertz CT molecular complexity index is 646. The molecule has 0 radical (unpaired) electrons. The van der Waals surface area contributed by atoms with Crippen LogP contribution in [-0.4, -0.2) is 37.2 Å². The van der Waals surface area contributed by atoms with Gasteiger partial charge in [0.15, 0.2) is 17.4 Å². The van der Waals surface area contributed by atoms with Crippen molar-refractivity contribution in [1.82, 2.24) is 19.7 Å². The Kier molecular flexibility index (Phi) is 3.74. The molecule has 1 aliphatic rings. The number of nitrogens with zero attached hydrogens (tertiary/aromatic N) is 4. The van der Waals surface area contributed by atoms with E-state index in [0.29, 0.717) is 37.0 Å². The van der Waals surface area contributed by atoms with Crippen molar-refractivity contribution in [3.63, 3.8) is 0 Å². The van der Waals surface area contributed by atoms with Crippen molar-refractivity contribution < 1.29 is 14.3 Å². The number of amides is 1. The van der Waals surface area contributed by atoms with Gasteiger partial charge in [0, 0.05) is 19.5 Å². The van der Waals surface area contributed by atoms with Crippen molar-refractivity contribution in [1.29, 1.82) is 0 Å². The number of carbonyl (C=O) groups is 1. The summed E-state index contributed by atoms with van der Waals surface area (Å²) in [6, 6.07) is 3.58. The van der Waals surface area contributed by atoms with Crippen LogP contribution >= 0.6 is 0 Å². The molecule has 21 heavy (non-hydrogen) atoms. The van der Waals surface area contributed by atoms with Crippen LogP contribution in [0.15, 0.2) is 16.5 Å². The Morgan fingerprint density at radius 3 is 3.00 bits per heavy atom. The first-order chi connectivity index (χ1) is 10.2. The molecule has 0 bridgehead atoms. The highest BCUT2D eigenvalue weighted by atomic mass is 16.4. The van der Waals surface area contributed by atoms with Crippen LogP contribution in [-0.2, 0) is 26.1 Å². The average Bonchev–Trinajstić information content (AvgIpc) is 3.12. The first kappa shape index (κ1) is 13.8. The summed E-state index contributed by atoms with van der Waals surface area (Å²) in [6.45, 7) is 3.46. The van der Waals surface area contributed by atoms with Gasteiger partial charge in [-0.05, 0) is 18.6 Å². The molecule has 0 atom stereocenters. The van der Waals surface area contributed by atoms with Gasteiger partial charge in [0.05, 0.1) is 6.54 Å². The maximum atomic E-state index is 12.4. The third-order valence-electron chi connectivity index (χ3n) is 3.63. The first-order valence-corrected chi connectivity index (χ1v) is 7.12. The Morgan fingerprint density at radius 2 is 2.24 bits per heavy atom. The van der Waals surface area contributed by atoms with Crippen molar-refractivity contribution >= 4 is 5.91 Å². The highest BCUT2D eigenvalue weighted by Gasteiger charge is 2.26. The zero-order valence-corrected chi connectivity index (χ0v) is 11.9. The maximum absolute atomic E-state index is 12.4. The van der Waals surface area contributed by atoms with Crippen molar-refractivity contribution in [2.45, 2.75) is 39.5 Å². The van der Waals surface area contributed by atoms with Crippen molar-refractivity contribution in [3.8, 4) is 0 Å². The van der Waals surface area contributed by atoms with Crippen molar-refractivity contribution in [2.24, 2.45) is 0 Å². The van der Waals surface area contributed by atoms with Gasteiger partial charge in [-0.3, -0.25) is 4.79 Å². The lowest BCUT2D eigenvalue weighted by atomic mass is 10.3. The predicted octanol–water partition coefficient (Wildman–Crippen LogP) is 0.972. The van der Waals surface area contributed by atoms with Crippen molar-refractivity contribution in [3.05, 3.63) is 35.3 Å². The van der Waals surface area contributed by atoms with Crippen LogP contribution in [0.3, 0.4) is 0 Å². The Labute approximate surface area is 122 Å². The molecule has 0 saturated carbocycles. The number of rotatable bonds is 4. The number of hydrogen-bond acceptors (Lipinski definition) is 5. The third-order valence-corrected chi connectivity index (χ3v) is 3.63. The molecular weight excluding hydrogens is 272 g/mol. The number of furan rings is 1. The summed E-state index contributed by atoms with van der Waals surface area (Å²) in [5.41, 5.74) is 0. The zero-order valence-electron chi connectivity index (χ0n) is 11.9. The van der Waals surface area contributed by atoms with E-state index in [9.17, 15) is 4.79 Å². The average molecular weight is 290 g/mol. The standard InChI is InChI=1S/C14H18N4O3/c1-2-3-10-4-5-11(21-10)14(20)17-6-7-18-12(8-17)15-16-13(18)9-19/h4-5,19H,2-3,6-9H2,1H3. The predicted molar refractivity (Wildman–Crippen MR) is 73.4 cm³/mol. The SMILES string of the molecule is CCCc1ccc(C(=O)N2CCn3c(CO)nnc3C2)o1. The lowest BCUT2D eigenvalue weighted by Crippen LogP contribution is -2.38. The first-order valence-electron chi connectivity index (χ1n) is 7.12. The summed E-state index contributed by atoms with van der Waals surface area (Å²) in [4.78, 5) is 14.1. The van der Waals surface area contributed by atoms with Crippen LogP contribution in [0.4, 0.5) is 0 Å². The van der Waals surface area contributed by atoms with Crippen LogP contribution in [0, 0.1) is 0 Å². The van der Waals surface area contributed by atoms with Gasteiger partial charge in [-0.25, -0.2) is 0 Å². The summed E-state index contributed by atoms with van der Waals surface area (Å²) in [7, 11) is 0. The smallest absolute Gasteiger partial charge is 0.290 e. The van der Waals surface area contributed by atoms with Gasteiger partial charge in [-0.2, -0.15) is 0 Å². The molecule has 0 saturated heterocycles. The van der Waals surface area contributed by atoms with E-state index in [1.54, 1.807) is 11.0 Å². The number of fused-ring (bicyclic) bond motifs is 1. The Hall–Kier alpha value is -2.15. The topological polar surface area (TPSA) is 84.4 Å². The van der Waals surface area contributed by atoms with Gasteiger partial charge in [-0.1, -0.05) is 6.92 Å². The Morgan fingerprint density at radius 1 is 1.38 bits per heavy atom. The highest BCUT2D eigenvalue weighted by Crippen LogP contribution is 2.17. The van der Waals surface area contributed by atoms with Crippen LogP contribution in [0.1, 0.15) is 41.3 Å². The van der Waals surface area contributed by atoms with Gasteiger partial charge < -0.3 is 19.0 Å². The molecule has 3 rings (SSSR count). The number of aliphatic hydroxyl groups is 1. The molecule has 1 N–H and O–H groups in total. The summed E-state index contributed by atoms with van der Waals surface area (Å²) < 4.78 is 7.43. The molecular formula is C14H18N4O3. The lowest BCUT2D eigenvalue weighted by molar-refractivity contribution is 0.0670. The van der Waals surface area contributed by atoms with E-state index in [2.05, 4.69) is 17.1 Å². The van der Waals surface area contributed by atoms with E-state index in [1.165, 1.54) is 0 Å². The number of aryl methyl sites for hydroxylation is 1. The molecule has 1 amide bonds. The van der Waals surface area contributed by atoms with Crippen LogP contribution in [0.2, 0.25) is 0 Å². The zero-order chi connectivity index (χ0) is 14.8. The van der Waals surface area contributed by atoms with Crippen LogP contribution in [0.5, 0.6) is 0 Å². The lowest BCUT2D eigenvalue weighted by Gasteiger charge is -2.26. The van der Waals surface area contributed by atoms with Gasteiger partial charge in [0.2, 0.25) is 0 Å². The van der Waals surface area contributed by atoms with E-state index in [4.69, 9.17) is 9.52 Å². The van der Waals surface area contributed by atoms with Gasteiger partial charge in [-0.15, -0.1) is 10.2 Å². The molecule has 2 aromatic rings. The van der Waals surface area contributed by atoms with Crippen molar-refractivity contribution in [2.75, 3.05) is 6.54 Å². The number of hydrogen-bond donors (Lipinski definition) is 1. The molecule has 0 aliphatic carbocycles. The van der Waals surface area contributed by atoms with Crippen LogP contribution < -0.4 is 0 Å². The third kappa shape index (κ3) is 2.56. The minimum atomic E-state index is -0.139. The van der Waals surface area contributed by atoms with Crippen LogP contribution in [0.25, 0.3) is 0 Å². The summed E-state index contributed by atoms with van der Waals surface area (Å²) in [6.07, 6.45) is 1.82. The van der Waals surface area contributed by atoms with E-state index < -0.39 is 0 Å². The maximum Gasteiger partial charge on any atom is 0.290 e. The molecule has 112 valence electrons. The summed E-state index contributed by atoms with van der Waals surface area (Å²) in [5, 5.41) is 17.1. The normalized spacial score (nSPS) is 14.3. The second kappa shape index (κ2) is 5.69. The molecule has 0 unspecified atom stereocenters. The molecule has 7 heteroatoms. The van der Waals surface area contributed by atoms with E-state index in [1.807, 2.05) is 10.6 Å². The highest BCUT2D eigenvalue weighted by molar-refractivity contribution is 5.91. The Balaban J connectivity index is 1.74. The van der Waals surface area contributed by atoms with Gasteiger partial charge in [0.25, 0.3) is 5.91 Å². The molecule has 2 aromatic heterocycles. The molecule has 1 aliphatic heterocycles. The number of aromatic nitrogens is 3. The largest absolute Gasteiger partial charge is 0.456 e. The molecule has 7 nitrogen and oxygen atoms in total. The number of aliphatic hydroxyl groups excluding tert-OH is 1. The second-order valence-corrected chi connectivity index (χ2v) is 5.08. The van der Waals surface area contributed by atoms with E-state index >= 15 is 0 Å². The quantitative estimate of drug-likeness (QED) is 0.907. The fraction of sp³-hybridized carbons (Fsp3) is 0.500. The van der Waals surface area contributed by atoms with Gasteiger partial charge >= 0.3 is 0 Å². The number of carbonyl (C=O) groups excluding carboxylic acids is 1. The van der Waals surface area contributed by atoms with Gasteiger partial charge in [0.1, 0.15) is 12.4 Å². The van der Waals surface area contributed by atoms with E-state index in [0.717, 1.165) is 18.6 Å². The molecule has 0 aromatic carbocycles. The summed E-state index contributed by atoms with van der Waals surface area (Å²) >= 11 is 0. The fourth-order valence-electron chi connectivity index (χ4n) is 2.54. The summed E-state index contributed by atoms with van der Waals surface area (Å²) in [5.74, 6) is 2.31. The molecule has 3 heterocycles. The monoisotopic (exact) mass is 290 g/mol. The van der Waals surface area contributed by atoms with E-state index in [-0.39, 0.29) is 12.5 Å². The minimum Gasteiger partial charge on any atom is -0.456 e. The minimum absolute atomic E-state index is 0.128.